The number of ether oxygens (including phenoxy) is 1. The molecule has 1 aromatic carbocycles. The predicted molar refractivity (Wildman–Crippen MR) is 100 cm³/mol. The molecule has 3 rings (SSSR count). The Hall–Kier alpha value is -2.60. The van der Waals surface area contributed by atoms with Crippen molar-refractivity contribution in [1.29, 1.82) is 0 Å². The van der Waals surface area contributed by atoms with Gasteiger partial charge in [-0.2, -0.15) is 5.10 Å². The van der Waals surface area contributed by atoms with Gasteiger partial charge in [0.1, 0.15) is 11.6 Å². The Bertz CT molecular complexity index is 855. The first kappa shape index (κ1) is 17.2. The number of nitrogens with one attached hydrogen (secondary N) is 1. The molecule has 0 radical (unpaired) electrons. The van der Waals surface area contributed by atoms with Gasteiger partial charge in [-0.3, -0.25) is 4.79 Å². The van der Waals surface area contributed by atoms with Crippen LogP contribution >= 0.6 is 11.3 Å². The summed E-state index contributed by atoms with van der Waals surface area (Å²) in [6.45, 7) is 6.39. The van der Waals surface area contributed by atoms with Crippen molar-refractivity contribution >= 4 is 23.1 Å². The van der Waals surface area contributed by atoms with E-state index in [0.717, 1.165) is 16.9 Å². The zero-order valence-corrected chi connectivity index (χ0v) is 15.3. The van der Waals surface area contributed by atoms with Gasteiger partial charge >= 0.3 is 0 Å². The Labute approximate surface area is 151 Å². The molecule has 6 heteroatoms. The minimum Gasteiger partial charge on any atom is -0.481 e. The summed E-state index contributed by atoms with van der Waals surface area (Å²) in [6, 6.07) is 11.7. The van der Waals surface area contributed by atoms with Crippen LogP contribution < -0.4 is 10.1 Å². The first-order chi connectivity index (χ1) is 12.0. The second kappa shape index (κ2) is 7.53. The lowest BCUT2D eigenvalue weighted by molar-refractivity contribution is -0.122. The highest BCUT2D eigenvalue weighted by molar-refractivity contribution is 7.09. The van der Waals surface area contributed by atoms with Crippen LogP contribution in [0.15, 0.2) is 48.0 Å². The lowest BCUT2D eigenvalue weighted by atomic mass is 10.1. The molecule has 130 valence electrons. The molecule has 1 unspecified atom stereocenters. The van der Waals surface area contributed by atoms with Gasteiger partial charge in [-0.1, -0.05) is 18.2 Å². The fraction of sp³-hybridized carbons (Fsp3) is 0.263. The molecule has 0 aliphatic heterocycles. The van der Waals surface area contributed by atoms with Crippen LogP contribution in [0.2, 0.25) is 0 Å². The number of hydrogen-bond acceptors (Lipinski definition) is 4. The number of benzene rings is 1. The van der Waals surface area contributed by atoms with Gasteiger partial charge in [-0.15, -0.1) is 11.3 Å². The molecule has 0 spiro atoms. The maximum Gasteiger partial charge on any atom is 0.266 e. The molecule has 25 heavy (non-hydrogen) atoms. The van der Waals surface area contributed by atoms with Crippen molar-refractivity contribution in [3.05, 3.63) is 64.0 Å². The molecule has 5 nitrogen and oxygen atoms in total. The van der Waals surface area contributed by atoms with Crippen molar-refractivity contribution in [3.63, 3.8) is 0 Å². The van der Waals surface area contributed by atoms with Crippen LogP contribution in [0.5, 0.6) is 5.75 Å². The summed E-state index contributed by atoms with van der Waals surface area (Å²) >= 11 is 1.66. The fourth-order valence-electron chi connectivity index (χ4n) is 2.44. The highest BCUT2D eigenvalue weighted by Gasteiger charge is 2.18. The van der Waals surface area contributed by atoms with Gasteiger partial charge in [-0.05, 0) is 49.4 Å². The minimum absolute atomic E-state index is 0.200. The lowest BCUT2D eigenvalue weighted by Crippen LogP contribution is -2.31. The number of hydrogen-bond donors (Lipinski definition) is 1. The average Bonchev–Trinajstić information content (AvgIpc) is 3.25. The van der Waals surface area contributed by atoms with Gasteiger partial charge in [0.25, 0.3) is 5.91 Å². The number of anilines is 1. The Morgan fingerprint density at radius 1 is 1.28 bits per heavy atom. The number of carbonyl (C=O) groups excluding carboxylic acids is 1. The van der Waals surface area contributed by atoms with Crippen molar-refractivity contribution in [2.75, 3.05) is 5.32 Å². The highest BCUT2D eigenvalue weighted by atomic mass is 32.1. The van der Waals surface area contributed by atoms with Crippen LogP contribution in [0.1, 0.15) is 22.9 Å². The summed E-state index contributed by atoms with van der Waals surface area (Å²) < 4.78 is 7.61. The minimum atomic E-state index is -0.606. The van der Waals surface area contributed by atoms with Crippen LogP contribution in [-0.4, -0.2) is 21.8 Å². The number of carbonyl (C=O) groups is 1. The van der Waals surface area contributed by atoms with Gasteiger partial charge in [0.05, 0.1) is 12.7 Å². The van der Waals surface area contributed by atoms with E-state index in [2.05, 4.69) is 10.4 Å². The molecule has 0 saturated heterocycles. The summed E-state index contributed by atoms with van der Waals surface area (Å²) in [7, 11) is 0. The van der Waals surface area contributed by atoms with Crippen LogP contribution in [0.25, 0.3) is 0 Å². The SMILES string of the molecule is Cc1cccc(OC(C)C(=O)Nc2ccnn2Cc2cccs2)c1C. The van der Waals surface area contributed by atoms with E-state index in [1.807, 2.05) is 49.6 Å². The van der Waals surface area contributed by atoms with E-state index < -0.39 is 6.10 Å². The molecule has 0 fully saturated rings. The van der Waals surface area contributed by atoms with E-state index in [4.69, 9.17) is 4.74 Å². The smallest absolute Gasteiger partial charge is 0.266 e. The van der Waals surface area contributed by atoms with Crippen LogP contribution in [-0.2, 0) is 11.3 Å². The van der Waals surface area contributed by atoms with Crippen LogP contribution in [0.3, 0.4) is 0 Å². The third kappa shape index (κ3) is 4.09. The summed E-state index contributed by atoms with van der Waals surface area (Å²) in [4.78, 5) is 13.7. The molecule has 1 amide bonds. The van der Waals surface area contributed by atoms with Crippen molar-refractivity contribution < 1.29 is 9.53 Å². The number of thiophene rings is 1. The third-order valence-corrected chi connectivity index (χ3v) is 4.94. The molecular weight excluding hydrogens is 334 g/mol. The lowest BCUT2D eigenvalue weighted by Gasteiger charge is -2.17. The zero-order valence-electron chi connectivity index (χ0n) is 14.5. The van der Waals surface area contributed by atoms with E-state index in [9.17, 15) is 4.79 Å². The van der Waals surface area contributed by atoms with Gasteiger partial charge in [0.2, 0.25) is 0 Å². The first-order valence-corrected chi connectivity index (χ1v) is 9.00. The number of amides is 1. The maximum absolute atomic E-state index is 12.5. The van der Waals surface area contributed by atoms with E-state index in [1.165, 1.54) is 4.88 Å². The van der Waals surface area contributed by atoms with Gasteiger partial charge in [0.15, 0.2) is 6.10 Å². The van der Waals surface area contributed by atoms with Crippen LogP contribution in [0, 0.1) is 13.8 Å². The van der Waals surface area contributed by atoms with E-state index in [1.54, 1.807) is 35.2 Å². The number of nitrogens with zero attached hydrogens (tertiary/aromatic N) is 2. The molecular formula is C19H21N3O2S. The molecule has 0 saturated carbocycles. The van der Waals surface area contributed by atoms with E-state index in [-0.39, 0.29) is 5.91 Å². The number of aromatic nitrogens is 2. The largest absolute Gasteiger partial charge is 0.481 e. The third-order valence-electron chi connectivity index (χ3n) is 4.08. The van der Waals surface area contributed by atoms with Crippen molar-refractivity contribution in [2.24, 2.45) is 0 Å². The van der Waals surface area contributed by atoms with Crippen molar-refractivity contribution in [1.82, 2.24) is 9.78 Å². The number of rotatable bonds is 6. The highest BCUT2D eigenvalue weighted by Crippen LogP contribution is 2.22. The predicted octanol–water partition coefficient (Wildman–Crippen LogP) is 4.02. The van der Waals surface area contributed by atoms with Gasteiger partial charge < -0.3 is 10.1 Å². The van der Waals surface area contributed by atoms with Gasteiger partial charge in [-0.25, -0.2) is 4.68 Å². The summed E-state index contributed by atoms with van der Waals surface area (Å²) in [5, 5.41) is 9.20. The molecule has 1 N–H and O–H groups in total. The summed E-state index contributed by atoms with van der Waals surface area (Å²) in [5.74, 6) is 1.19. The Kier molecular flexibility index (Phi) is 5.19. The standard InChI is InChI=1S/C19H21N3O2S/c1-13-6-4-8-17(14(13)2)24-15(3)19(23)21-18-9-10-20-22(18)12-16-7-5-11-25-16/h4-11,15H,12H2,1-3H3,(H,21,23). The number of aryl methyl sites for hydroxylation is 1. The van der Waals surface area contributed by atoms with Crippen LogP contribution in [0.4, 0.5) is 5.82 Å². The molecule has 2 heterocycles. The molecule has 3 aromatic rings. The quantitative estimate of drug-likeness (QED) is 0.727. The monoisotopic (exact) mass is 355 g/mol. The van der Waals surface area contributed by atoms with Crippen molar-refractivity contribution in [3.8, 4) is 5.75 Å². The van der Waals surface area contributed by atoms with Gasteiger partial charge in [0, 0.05) is 10.9 Å². The molecule has 0 aliphatic rings. The summed E-state index contributed by atoms with van der Waals surface area (Å²) in [5.41, 5.74) is 2.18. The van der Waals surface area contributed by atoms with E-state index in [0.29, 0.717) is 12.4 Å². The normalized spacial score (nSPS) is 12.0. The topological polar surface area (TPSA) is 56.1 Å². The molecule has 1 atom stereocenters. The second-order valence-corrected chi connectivity index (χ2v) is 6.93. The maximum atomic E-state index is 12.5. The Balaban J connectivity index is 1.66. The first-order valence-electron chi connectivity index (χ1n) is 8.12. The molecule has 0 aliphatic carbocycles. The second-order valence-electron chi connectivity index (χ2n) is 5.90. The Morgan fingerprint density at radius 2 is 2.12 bits per heavy atom. The average molecular weight is 355 g/mol. The van der Waals surface area contributed by atoms with E-state index >= 15 is 0 Å². The molecule has 2 aromatic heterocycles. The zero-order chi connectivity index (χ0) is 17.8. The summed E-state index contributed by atoms with van der Waals surface area (Å²) in [6.07, 6.45) is 1.07. The van der Waals surface area contributed by atoms with Crippen molar-refractivity contribution in [2.45, 2.75) is 33.4 Å². The fourth-order valence-corrected chi connectivity index (χ4v) is 3.12. The molecule has 0 bridgehead atoms. The Morgan fingerprint density at radius 3 is 2.88 bits per heavy atom.